The minimum absolute atomic E-state index is 0. The molecule has 7 heteroatoms. The fourth-order valence-corrected chi connectivity index (χ4v) is 1.39. The number of rotatable bonds is 7. The number of nitrogens with one attached hydrogen (secondary N) is 3. The number of ether oxygens (including phenoxy) is 1. The van der Waals surface area contributed by atoms with Crippen LogP contribution in [0.1, 0.15) is 6.42 Å². The van der Waals surface area contributed by atoms with Crippen LogP contribution in [-0.2, 0) is 9.59 Å². The van der Waals surface area contributed by atoms with Crippen molar-refractivity contribution in [2.75, 3.05) is 32.6 Å². The van der Waals surface area contributed by atoms with E-state index < -0.39 is 0 Å². The second-order valence-corrected chi connectivity index (χ2v) is 3.87. The third kappa shape index (κ3) is 6.96. The third-order valence-corrected chi connectivity index (χ3v) is 2.35. The van der Waals surface area contributed by atoms with Crippen molar-refractivity contribution < 1.29 is 14.3 Å². The lowest BCUT2D eigenvalue weighted by molar-refractivity contribution is -0.121. The van der Waals surface area contributed by atoms with Crippen LogP contribution in [0.5, 0.6) is 5.75 Å². The molecule has 0 aliphatic heterocycles. The zero-order chi connectivity index (χ0) is 14.1. The number of likely N-dealkylation sites (N-methyl/N-ethyl adjacent to an activating group) is 1. The second kappa shape index (κ2) is 10.1. The predicted octanol–water partition coefficient (Wildman–Crippen LogP) is 0.781. The fraction of sp³-hybridized carbons (Fsp3) is 0.385. The van der Waals surface area contributed by atoms with Crippen molar-refractivity contribution in [2.45, 2.75) is 6.42 Å². The van der Waals surface area contributed by atoms with Crippen LogP contribution in [0.2, 0.25) is 0 Å². The highest BCUT2D eigenvalue weighted by atomic mass is 35.5. The summed E-state index contributed by atoms with van der Waals surface area (Å²) >= 11 is 0. The number of hydrogen-bond donors (Lipinski definition) is 3. The van der Waals surface area contributed by atoms with Crippen molar-refractivity contribution in [2.24, 2.45) is 0 Å². The first-order chi connectivity index (χ1) is 9.15. The number of anilines is 1. The average molecular weight is 302 g/mol. The van der Waals surface area contributed by atoms with Crippen LogP contribution in [0, 0.1) is 0 Å². The van der Waals surface area contributed by atoms with E-state index in [4.69, 9.17) is 4.74 Å². The van der Waals surface area contributed by atoms with Gasteiger partial charge in [-0.3, -0.25) is 9.59 Å². The number of amides is 2. The minimum atomic E-state index is -0.101. The van der Waals surface area contributed by atoms with Gasteiger partial charge in [0, 0.05) is 12.7 Å². The largest absolute Gasteiger partial charge is 0.493 e. The molecule has 0 aliphatic carbocycles. The van der Waals surface area contributed by atoms with E-state index in [1.807, 2.05) is 0 Å². The Kier molecular flexibility index (Phi) is 9.15. The van der Waals surface area contributed by atoms with Crippen molar-refractivity contribution >= 4 is 29.9 Å². The van der Waals surface area contributed by atoms with Crippen LogP contribution >= 0.6 is 12.4 Å². The molecule has 0 atom stereocenters. The van der Waals surface area contributed by atoms with E-state index in [9.17, 15) is 9.59 Å². The van der Waals surface area contributed by atoms with Gasteiger partial charge in [0.05, 0.1) is 19.6 Å². The molecule has 0 aliphatic rings. The number of hydrogen-bond acceptors (Lipinski definition) is 4. The summed E-state index contributed by atoms with van der Waals surface area (Å²) in [6.45, 7) is 0.593. The Morgan fingerprint density at radius 2 is 1.75 bits per heavy atom. The first-order valence-electron chi connectivity index (χ1n) is 6.03. The van der Waals surface area contributed by atoms with Crippen LogP contribution in [0.4, 0.5) is 5.69 Å². The van der Waals surface area contributed by atoms with Gasteiger partial charge in [-0.25, -0.2) is 0 Å². The van der Waals surface area contributed by atoms with Gasteiger partial charge < -0.3 is 20.7 Å². The van der Waals surface area contributed by atoms with E-state index in [-0.39, 0.29) is 30.8 Å². The van der Waals surface area contributed by atoms with E-state index >= 15 is 0 Å². The van der Waals surface area contributed by atoms with Crippen molar-refractivity contribution in [1.29, 1.82) is 0 Å². The normalized spacial score (nSPS) is 9.30. The van der Waals surface area contributed by atoms with Crippen LogP contribution < -0.4 is 20.7 Å². The SMILES string of the molecule is CNCC(=O)Nc1ccc(OCCC(=O)NC)cc1.Cl. The number of carbonyl (C=O) groups excluding carboxylic acids is 2. The molecule has 6 nitrogen and oxygen atoms in total. The molecule has 0 bridgehead atoms. The third-order valence-electron chi connectivity index (χ3n) is 2.35. The fourth-order valence-electron chi connectivity index (χ4n) is 1.39. The lowest BCUT2D eigenvalue weighted by Gasteiger charge is -2.08. The summed E-state index contributed by atoms with van der Waals surface area (Å²) in [4.78, 5) is 22.3. The molecule has 0 unspecified atom stereocenters. The Morgan fingerprint density at radius 3 is 2.30 bits per heavy atom. The maximum absolute atomic E-state index is 11.3. The highest BCUT2D eigenvalue weighted by Gasteiger charge is 2.02. The topological polar surface area (TPSA) is 79.5 Å². The van der Waals surface area contributed by atoms with Crippen LogP contribution in [0.15, 0.2) is 24.3 Å². The second-order valence-electron chi connectivity index (χ2n) is 3.87. The molecule has 0 radical (unpaired) electrons. The first-order valence-corrected chi connectivity index (χ1v) is 6.03. The van der Waals surface area contributed by atoms with Gasteiger partial charge in [0.25, 0.3) is 0 Å². The molecule has 0 aromatic heterocycles. The van der Waals surface area contributed by atoms with Crippen LogP contribution in [0.25, 0.3) is 0 Å². The molecule has 3 N–H and O–H groups in total. The maximum atomic E-state index is 11.3. The van der Waals surface area contributed by atoms with Gasteiger partial charge in [-0.1, -0.05) is 0 Å². The van der Waals surface area contributed by atoms with E-state index in [1.165, 1.54) is 0 Å². The molecule has 1 aromatic carbocycles. The smallest absolute Gasteiger partial charge is 0.238 e. The van der Waals surface area contributed by atoms with Gasteiger partial charge in [0.15, 0.2) is 0 Å². The monoisotopic (exact) mass is 301 g/mol. The molecule has 0 saturated heterocycles. The lowest BCUT2D eigenvalue weighted by Crippen LogP contribution is -2.24. The molecular weight excluding hydrogens is 282 g/mol. The summed E-state index contributed by atoms with van der Waals surface area (Å²) < 4.78 is 5.40. The predicted molar refractivity (Wildman–Crippen MR) is 80.4 cm³/mol. The molecule has 112 valence electrons. The summed E-state index contributed by atoms with van der Waals surface area (Å²) in [7, 11) is 3.30. The van der Waals surface area contributed by atoms with Crippen molar-refractivity contribution in [3.63, 3.8) is 0 Å². The molecule has 1 rings (SSSR count). The summed E-state index contributed by atoms with van der Waals surface area (Å²) in [5.74, 6) is 0.502. The summed E-state index contributed by atoms with van der Waals surface area (Å²) in [6.07, 6.45) is 0.317. The Morgan fingerprint density at radius 1 is 1.10 bits per heavy atom. The number of carbonyl (C=O) groups is 2. The van der Waals surface area contributed by atoms with Gasteiger partial charge in [-0.15, -0.1) is 12.4 Å². The molecule has 0 fully saturated rings. The van der Waals surface area contributed by atoms with Crippen LogP contribution in [0.3, 0.4) is 0 Å². The van der Waals surface area contributed by atoms with Gasteiger partial charge >= 0.3 is 0 Å². The highest BCUT2D eigenvalue weighted by molar-refractivity contribution is 5.92. The average Bonchev–Trinajstić information content (AvgIpc) is 2.41. The standard InChI is InChI=1S/C13H19N3O3.ClH/c1-14-9-13(18)16-10-3-5-11(6-4-10)19-8-7-12(17)15-2;/h3-6,14H,7-9H2,1-2H3,(H,15,17)(H,16,18);1H. The molecule has 20 heavy (non-hydrogen) atoms. The lowest BCUT2D eigenvalue weighted by atomic mass is 10.3. The van der Waals surface area contributed by atoms with E-state index in [0.29, 0.717) is 24.5 Å². The molecule has 0 heterocycles. The van der Waals surface area contributed by atoms with Crippen molar-refractivity contribution in [3.05, 3.63) is 24.3 Å². The zero-order valence-corrected chi connectivity index (χ0v) is 12.4. The van der Waals surface area contributed by atoms with Gasteiger partial charge in [-0.2, -0.15) is 0 Å². The van der Waals surface area contributed by atoms with Gasteiger partial charge in [-0.05, 0) is 31.3 Å². The Labute approximate surface area is 124 Å². The van der Waals surface area contributed by atoms with Crippen molar-refractivity contribution in [3.8, 4) is 5.75 Å². The highest BCUT2D eigenvalue weighted by Crippen LogP contribution is 2.15. The Hall–Kier alpha value is -1.79. The van der Waals surface area contributed by atoms with Gasteiger partial charge in [0.2, 0.25) is 11.8 Å². The Bertz CT molecular complexity index is 423. The van der Waals surface area contributed by atoms with Gasteiger partial charge in [0.1, 0.15) is 5.75 Å². The van der Waals surface area contributed by atoms with E-state index in [0.717, 1.165) is 0 Å². The van der Waals surface area contributed by atoms with Crippen molar-refractivity contribution in [1.82, 2.24) is 10.6 Å². The van der Waals surface area contributed by atoms with Crippen LogP contribution in [-0.4, -0.2) is 39.1 Å². The molecule has 0 spiro atoms. The first kappa shape index (κ1) is 18.2. The molecular formula is C13H20ClN3O3. The summed E-state index contributed by atoms with van der Waals surface area (Å²) in [5, 5.41) is 8.02. The molecule has 0 saturated carbocycles. The molecule has 2 amide bonds. The van der Waals surface area contributed by atoms with E-state index in [2.05, 4.69) is 16.0 Å². The quantitative estimate of drug-likeness (QED) is 0.695. The summed E-state index contributed by atoms with van der Waals surface area (Å²) in [6, 6.07) is 7.00. The summed E-state index contributed by atoms with van der Waals surface area (Å²) in [5.41, 5.74) is 0.707. The minimum Gasteiger partial charge on any atom is -0.493 e. The zero-order valence-electron chi connectivity index (χ0n) is 11.6. The Balaban J connectivity index is 0.00000361. The number of benzene rings is 1. The maximum Gasteiger partial charge on any atom is 0.238 e. The molecule has 1 aromatic rings. The van der Waals surface area contributed by atoms with E-state index in [1.54, 1.807) is 38.4 Å². The number of halogens is 1.